The lowest BCUT2D eigenvalue weighted by atomic mass is 9.99. The minimum atomic E-state index is -3.60. The van der Waals surface area contributed by atoms with Crippen LogP contribution in [0.3, 0.4) is 0 Å². The Balaban J connectivity index is 1.47. The van der Waals surface area contributed by atoms with Crippen LogP contribution in [0.15, 0.2) is 53.9 Å². The number of amides is 1. The summed E-state index contributed by atoms with van der Waals surface area (Å²) in [6.45, 7) is 1.30. The van der Waals surface area contributed by atoms with Gasteiger partial charge >= 0.3 is 0 Å². The van der Waals surface area contributed by atoms with Crippen LogP contribution in [0.2, 0.25) is 0 Å². The number of carbonyl (C=O) groups excluding carboxylic acids is 1. The van der Waals surface area contributed by atoms with Crippen molar-refractivity contribution < 1.29 is 13.2 Å². The third kappa shape index (κ3) is 4.39. The molecule has 0 bridgehead atoms. The van der Waals surface area contributed by atoms with Gasteiger partial charge in [-0.15, -0.1) is 0 Å². The predicted octanol–water partition coefficient (Wildman–Crippen LogP) is 3.39. The maximum Gasteiger partial charge on any atom is 0.255 e. The van der Waals surface area contributed by atoms with Gasteiger partial charge in [-0.3, -0.25) is 9.52 Å². The van der Waals surface area contributed by atoms with E-state index in [-0.39, 0.29) is 11.8 Å². The molecule has 0 atom stereocenters. The van der Waals surface area contributed by atoms with E-state index >= 15 is 0 Å². The molecule has 1 fully saturated rings. The number of rotatable bonds is 5. The van der Waals surface area contributed by atoms with Crippen molar-refractivity contribution in [3.05, 3.63) is 70.6 Å². The molecule has 0 spiro atoms. The van der Waals surface area contributed by atoms with E-state index in [9.17, 15) is 13.2 Å². The van der Waals surface area contributed by atoms with Gasteiger partial charge in [-0.25, -0.2) is 8.42 Å². The summed E-state index contributed by atoms with van der Waals surface area (Å²) in [7, 11) is -3.60. The van der Waals surface area contributed by atoms with Crippen LogP contribution in [-0.2, 0) is 27.8 Å². The highest BCUT2D eigenvalue weighted by Crippen LogP contribution is 2.33. The average Bonchev–Trinajstić information content (AvgIpc) is 3.51. The minimum absolute atomic E-state index is 0.205. The Labute approximate surface area is 159 Å². The molecule has 0 radical (unpaired) electrons. The molecule has 2 aromatic rings. The Morgan fingerprint density at radius 3 is 2.59 bits per heavy atom. The van der Waals surface area contributed by atoms with Crippen LogP contribution in [0.5, 0.6) is 0 Å². The van der Waals surface area contributed by atoms with E-state index in [4.69, 9.17) is 0 Å². The number of hydrogen-bond acceptors (Lipinski definition) is 3. The Kier molecular flexibility index (Phi) is 4.74. The van der Waals surface area contributed by atoms with Gasteiger partial charge in [0.1, 0.15) is 0 Å². The lowest BCUT2D eigenvalue weighted by Gasteiger charge is -2.29. The van der Waals surface area contributed by atoms with Gasteiger partial charge in [0, 0.05) is 24.7 Å². The number of nitrogens with one attached hydrogen (secondary N) is 1. The van der Waals surface area contributed by atoms with Gasteiger partial charge in [0.2, 0.25) is 5.91 Å². The van der Waals surface area contributed by atoms with E-state index in [0.717, 1.165) is 36.9 Å². The zero-order valence-corrected chi connectivity index (χ0v) is 15.8. The van der Waals surface area contributed by atoms with Gasteiger partial charge in [0.15, 0.2) is 0 Å². The molecule has 0 unspecified atom stereocenters. The number of carbonyl (C=O) groups is 1. The molecule has 5 nitrogen and oxygen atoms in total. The van der Waals surface area contributed by atoms with E-state index in [2.05, 4.69) is 4.72 Å². The maximum atomic E-state index is 12.3. The normalized spacial score (nSPS) is 17.0. The van der Waals surface area contributed by atoms with Crippen molar-refractivity contribution in [1.29, 1.82) is 0 Å². The quantitative estimate of drug-likeness (QED) is 0.862. The van der Waals surface area contributed by atoms with Crippen molar-refractivity contribution in [2.45, 2.75) is 25.8 Å². The second-order valence-corrected chi connectivity index (χ2v) is 8.69. The van der Waals surface area contributed by atoms with E-state index < -0.39 is 10.0 Å². The molecule has 4 rings (SSSR count). The van der Waals surface area contributed by atoms with E-state index in [0.29, 0.717) is 12.2 Å². The molecule has 6 heteroatoms. The molecule has 1 aliphatic carbocycles. The Bertz CT molecular complexity index is 980. The van der Waals surface area contributed by atoms with Crippen molar-refractivity contribution in [2.24, 2.45) is 5.92 Å². The summed E-state index contributed by atoms with van der Waals surface area (Å²) in [4.78, 5) is 14.2. The molecule has 0 aromatic heterocycles. The van der Waals surface area contributed by atoms with Crippen LogP contribution in [0.25, 0.3) is 6.08 Å². The highest BCUT2D eigenvalue weighted by atomic mass is 32.2. The first-order chi connectivity index (χ1) is 13.0. The van der Waals surface area contributed by atoms with Crippen molar-refractivity contribution >= 4 is 27.7 Å². The summed E-state index contributed by atoms with van der Waals surface area (Å²) in [5, 5.41) is 1.17. The summed E-state index contributed by atoms with van der Waals surface area (Å²) in [6.07, 6.45) is 4.37. The fourth-order valence-electron chi connectivity index (χ4n) is 3.33. The monoisotopic (exact) mass is 382 g/mol. The number of nitrogens with zero attached hydrogens (tertiary/aromatic N) is 1. The first kappa shape index (κ1) is 17.8. The fraction of sp³-hybridized carbons (Fsp3) is 0.286. The van der Waals surface area contributed by atoms with Crippen molar-refractivity contribution in [3.8, 4) is 0 Å². The minimum Gasteiger partial charge on any atom is -0.338 e. The smallest absolute Gasteiger partial charge is 0.255 e. The van der Waals surface area contributed by atoms with E-state index in [1.54, 1.807) is 12.1 Å². The third-order valence-electron chi connectivity index (χ3n) is 4.96. The molecule has 0 saturated heterocycles. The molecule has 2 aliphatic rings. The van der Waals surface area contributed by atoms with Crippen LogP contribution in [0.1, 0.15) is 29.5 Å². The Hall–Kier alpha value is -2.60. The molecule has 1 N–H and O–H groups in total. The summed E-state index contributed by atoms with van der Waals surface area (Å²) in [6, 6.07) is 14.9. The first-order valence-electron chi connectivity index (χ1n) is 9.17. The van der Waals surface area contributed by atoms with Gasteiger partial charge in [0.25, 0.3) is 10.0 Å². The number of hydrogen-bond donors (Lipinski definition) is 1. The van der Waals surface area contributed by atoms with Gasteiger partial charge in [0.05, 0.1) is 5.41 Å². The predicted molar refractivity (Wildman–Crippen MR) is 106 cm³/mol. The Morgan fingerprint density at radius 2 is 1.85 bits per heavy atom. The summed E-state index contributed by atoms with van der Waals surface area (Å²) in [5.74, 6) is 0.439. The fourth-order valence-corrected chi connectivity index (χ4v) is 4.19. The first-order valence-corrected chi connectivity index (χ1v) is 10.7. The standard InChI is InChI=1S/C21H22N2O3S/c24-21(18-6-7-18)23-12-10-17-8-9-20(14-19(17)15-23)22-27(25,26)13-11-16-4-2-1-3-5-16/h1-5,8-9,11,13-14,18,22H,6-7,10,12,15H2/b13-11+. The molecule has 1 aliphatic heterocycles. The van der Waals surface area contributed by atoms with Crippen LogP contribution in [0.4, 0.5) is 5.69 Å². The lowest BCUT2D eigenvalue weighted by Crippen LogP contribution is -2.36. The highest BCUT2D eigenvalue weighted by Gasteiger charge is 2.34. The molecular formula is C21H22N2O3S. The molecule has 140 valence electrons. The number of fused-ring (bicyclic) bond motifs is 1. The second-order valence-electron chi connectivity index (χ2n) is 7.13. The molecule has 1 saturated carbocycles. The average molecular weight is 382 g/mol. The van der Waals surface area contributed by atoms with E-state index in [1.807, 2.05) is 47.4 Å². The van der Waals surface area contributed by atoms with Crippen LogP contribution in [-0.4, -0.2) is 25.8 Å². The second kappa shape index (κ2) is 7.19. The largest absolute Gasteiger partial charge is 0.338 e. The zero-order chi connectivity index (χ0) is 18.9. The number of sulfonamides is 1. The van der Waals surface area contributed by atoms with Crippen molar-refractivity contribution in [1.82, 2.24) is 4.90 Å². The molecule has 2 aromatic carbocycles. The molecular weight excluding hydrogens is 360 g/mol. The van der Waals surface area contributed by atoms with E-state index in [1.165, 1.54) is 11.0 Å². The summed E-state index contributed by atoms with van der Waals surface area (Å²) < 4.78 is 27.3. The Morgan fingerprint density at radius 1 is 1.07 bits per heavy atom. The van der Waals surface area contributed by atoms with Gasteiger partial charge in [-0.05, 0) is 54.2 Å². The van der Waals surface area contributed by atoms with Crippen molar-refractivity contribution in [3.63, 3.8) is 0 Å². The molecule has 1 heterocycles. The van der Waals surface area contributed by atoms with Crippen molar-refractivity contribution in [2.75, 3.05) is 11.3 Å². The number of anilines is 1. The molecule has 27 heavy (non-hydrogen) atoms. The maximum absolute atomic E-state index is 12.3. The van der Waals surface area contributed by atoms with Crippen LogP contribution >= 0.6 is 0 Å². The van der Waals surface area contributed by atoms with Crippen LogP contribution < -0.4 is 4.72 Å². The van der Waals surface area contributed by atoms with Gasteiger partial charge in [-0.2, -0.15) is 0 Å². The highest BCUT2D eigenvalue weighted by molar-refractivity contribution is 7.95. The van der Waals surface area contributed by atoms with Gasteiger partial charge < -0.3 is 4.90 Å². The number of benzene rings is 2. The topological polar surface area (TPSA) is 66.5 Å². The lowest BCUT2D eigenvalue weighted by molar-refractivity contribution is -0.133. The van der Waals surface area contributed by atoms with Crippen LogP contribution in [0, 0.1) is 5.92 Å². The third-order valence-corrected chi connectivity index (χ3v) is 5.97. The van der Waals surface area contributed by atoms with Gasteiger partial charge in [-0.1, -0.05) is 36.4 Å². The summed E-state index contributed by atoms with van der Waals surface area (Å²) in [5.41, 5.74) is 3.54. The zero-order valence-electron chi connectivity index (χ0n) is 15.0. The SMILES string of the molecule is O=C(C1CC1)N1CCc2ccc(NS(=O)(=O)/C=C/c3ccccc3)cc2C1. The summed E-state index contributed by atoms with van der Waals surface area (Å²) >= 11 is 0. The molecule has 1 amide bonds.